The lowest BCUT2D eigenvalue weighted by Gasteiger charge is -2.27. The highest BCUT2D eigenvalue weighted by Crippen LogP contribution is 2.31. The van der Waals surface area contributed by atoms with E-state index in [1.807, 2.05) is 36.4 Å². The van der Waals surface area contributed by atoms with Crippen molar-refractivity contribution < 1.29 is 29.1 Å². The lowest BCUT2D eigenvalue weighted by Crippen LogP contribution is -2.27. The van der Waals surface area contributed by atoms with E-state index in [-0.39, 0.29) is 0 Å². The predicted molar refractivity (Wildman–Crippen MR) is 118 cm³/mol. The van der Waals surface area contributed by atoms with E-state index in [9.17, 15) is 9.59 Å². The first-order valence-corrected chi connectivity index (χ1v) is 10.2. The van der Waals surface area contributed by atoms with Crippen LogP contribution in [0, 0.1) is 0 Å². The minimum absolute atomic E-state index is 0.395. The van der Waals surface area contributed by atoms with Crippen molar-refractivity contribution in [1.29, 1.82) is 0 Å². The number of carbonyl (C=O) groups is 2. The van der Waals surface area contributed by atoms with Crippen LogP contribution < -0.4 is 0 Å². The largest absolute Gasteiger partial charge is 0.373 e. The maximum atomic E-state index is 12.2. The van der Waals surface area contributed by atoms with Gasteiger partial charge in [0.1, 0.15) is 11.2 Å². The number of hydrogen-bond acceptors (Lipinski definition) is 6. The summed E-state index contributed by atoms with van der Waals surface area (Å²) in [7, 11) is 0. The molecule has 0 atom stereocenters. The van der Waals surface area contributed by atoms with Gasteiger partial charge in [-0.05, 0) is 69.2 Å². The van der Waals surface area contributed by atoms with Crippen LogP contribution in [0.3, 0.4) is 0 Å². The molecular weight excluding hydrogens is 408 g/mol. The molecule has 6 nitrogen and oxygen atoms in total. The minimum atomic E-state index is -0.933. The fraction of sp³-hybridized carbons (Fsp3) is 0.231. The zero-order valence-electron chi connectivity index (χ0n) is 18.5. The molecule has 0 bridgehead atoms. The Bertz CT molecular complexity index is 975. The Morgan fingerprint density at radius 2 is 0.938 bits per heavy atom. The summed E-state index contributed by atoms with van der Waals surface area (Å²) in [6, 6.07) is 24.6. The number of hydrogen-bond donors (Lipinski definition) is 0. The van der Waals surface area contributed by atoms with Crippen LogP contribution in [-0.2, 0) is 30.8 Å². The van der Waals surface area contributed by atoms with Gasteiger partial charge in [0.2, 0.25) is 0 Å². The summed E-state index contributed by atoms with van der Waals surface area (Å²) in [5.41, 5.74) is 0.427. The van der Waals surface area contributed by atoms with E-state index in [0.29, 0.717) is 11.1 Å². The van der Waals surface area contributed by atoms with E-state index in [2.05, 4.69) is 0 Å². The number of carbonyl (C=O) groups excluding carboxylic acids is 2. The molecule has 32 heavy (non-hydrogen) atoms. The first kappa shape index (κ1) is 23.2. The second kappa shape index (κ2) is 9.77. The normalized spacial score (nSPS) is 11.6. The van der Waals surface area contributed by atoms with Gasteiger partial charge in [0.25, 0.3) is 0 Å². The molecule has 0 aromatic heterocycles. The van der Waals surface area contributed by atoms with Gasteiger partial charge >= 0.3 is 11.9 Å². The van der Waals surface area contributed by atoms with Gasteiger partial charge in [-0.25, -0.2) is 9.59 Å². The molecule has 0 aliphatic heterocycles. The van der Waals surface area contributed by atoms with Crippen molar-refractivity contribution in [2.75, 3.05) is 0 Å². The molecular formula is C26H26O6. The topological polar surface area (TPSA) is 71.1 Å². The van der Waals surface area contributed by atoms with Crippen LogP contribution in [0.4, 0.5) is 0 Å². The zero-order chi connectivity index (χ0) is 23.2. The van der Waals surface area contributed by atoms with Crippen LogP contribution in [0.5, 0.6) is 0 Å². The standard InChI is InChI=1S/C26H26O6/c1-25(2,31-29-23(27)19-12-7-5-8-13-19)21-16-11-17-22(18-21)26(3,4)32-30-24(28)20-14-9-6-10-15-20/h5-18H,1-4H3. The number of benzene rings is 3. The van der Waals surface area contributed by atoms with Gasteiger partial charge < -0.3 is 0 Å². The lowest BCUT2D eigenvalue weighted by atomic mass is 9.91. The summed E-state index contributed by atoms with van der Waals surface area (Å²) >= 11 is 0. The molecule has 0 aliphatic rings. The van der Waals surface area contributed by atoms with Gasteiger partial charge in [0.15, 0.2) is 0 Å². The molecule has 0 unspecified atom stereocenters. The van der Waals surface area contributed by atoms with Gasteiger partial charge in [0, 0.05) is 0 Å². The first-order valence-electron chi connectivity index (χ1n) is 10.2. The van der Waals surface area contributed by atoms with Crippen LogP contribution in [0.1, 0.15) is 59.5 Å². The maximum Gasteiger partial charge on any atom is 0.373 e. The van der Waals surface area contributed by atoms with Crippen molar-refractivity contribution in [2.24, 2.45) is 0 Å². The van der Waals surface area contributed by atoms with Crippen molar-refractivity contribution in [2.45, 2.75) is 38.9 Å². The fourth-order valence-corrected chi connectivity index (χ4v) is 2.89. The molecule has 3 aromatic rings. The molecule has 3 rings (SSSR count). The highest BCUT2D eigenvalue weighted by molar-refractivity contribution is 5.89. The van der Waals surface area contributed by atoms with Crippen molar-refractivity contribution in [3.63, 3.8) is 0 Å². The lowest BCUT2D eigenvalue weighted by molar-refractivity contribution is -0.314. The Balaban J connectivity index is 1.67. The fourth-order valence-electron chi connectivity index (χ4n) is 2.89. The van der Waals surface area contributed by atoms with Crippen molar-refractivity contribution in [1.82, 2.24) is 0 Å². The third-order valence-corrected chi connectivity index (χ3v) is 4.92. The van der Waals surface area contributed by atoms with E-state index in [4.69, 9.17) is 19.6 Å². The summed E-state index contributed by atoms with van der Waals surface area (Å²) in [6.45, 7) is 7.14. The van der Waals surface area contributed by atoms with E-state index in [1.54, 1.807) is 76.2 Å². The molecule has 0 fully saturated rings. The highest BCUT2D eigenvalue weighted by Gasteiger charge is 2.30. The molecule has 166 valence electrons. The van der Waals surface area contributed by atoms with Crippen molar-refractivity contribution in [3.05, 3.63) is 107 Å². The van der Waals surface area contributed by atoms with E-state index < -0.39 is 23.1 Å². The maximum absolute atomic E-state index is 12.2. The summed E-state index contributed by atoms with van der Waals surface area (Å²) in [5, 5.41) is 0. The smallest absolute Gasteiger partial charge is 0.292 e. The molecule has 6 heteroatoms. The second-order valence-electron chi connectivity index (χ2n) is 8.24. The highest BCUT2D eigenvalue weighted by atomic mass is 17.2. The van der Waals surface area contributed by atoms with Gasteiger partial charge in [-0.2, -0.15) is 9.78 Å². The molecule has 0 N–H and O–H groups in total. The summed E-state index contributed by atoms with van der Waals surface area (Å²) in [4.78, 5) is 45.5. The molecule has 0 saturated carbocycles. The van der Waals surface area contributed by atoms with E-state index >= 15 is 0 Å². The molecule has 0 radical (unpaired) electrons. The molecule has 0 spiro atoms. The molecule has 0 aliphatic carbocycles. The van der Waals surface area contributed by atoms with Gasteiger partial charge in [-0.15, -0.1) is 0 Å². The van der Waals surface area contributed by atoms with Gasteiger partial charge in [-0.3, -0.25) is 9.78 Å². The van der Waals surface area contributed by atoms with Crippen LogP contribution in [0.2, 0.25) is 0 Å². The molecule has 0 amide bonds. The number of rotatable bonds is 8. The Hall–Kier alpha value is -3.48. The Morgan fingerprint density at radius 1 is 0.562 bits per heavy atom. The first-order chi connectivity index (χ1) is 15.2. The van der Waals surface area contributed by atoms with Gasteiger partial charge in [-0.1, -0.05) is 54.6 Å². The van der Waals surface area contributed by atoms with Crippen molar-refractivity contribution >= 4 is 11.9 Å². The summed E-state index contributed by atoms with van der Waals surface area (Å²) in [5.74, 6) is -1.15. The Kier molecular flexibility index (Phi) is 7.08. The second-order valence-corrected chi connectivity index (χ2v) is 8.24. The van der Waals surface area contributed by atoms with E-state index in [0.717, 1.165) is 11.1 Å². The molecule has 0 saturated heterocycles. The zero-order valence-corrected chi connectivity index (χ0v) is 18.5. The average molecular weight is 434 g/mol. The summed E-state index contributed by atoms with van der Waals surface area (Å²) in [6.07, 6.45) is 0. The quantitative estimate of drug-likeness (QED) is 0.333. The van der Waals surface area contributed by atoms with Crippen molar-refractivity contribution in [3.8, 4) is 0 Å². The minimum Gasteiger partial charge on any atom is -0.292 e. The third-order valence-electron chi connectivity index (χ3n) is 4.92. The predicted octanol–water partition coefficient (Wildman–Crippen LogP) is 5.73. The van der Waals surface area contributed by atoms with E-state index in [1.165, 1.54) is 0 Å². The SMILES string of the molecule is CC(C)(OOC(=O)c1ccccc1)c1cccc(C(C)(C)OOC(=O)c2ccccc2)c1. The molecule has 3 aromatic carbocycles. The molecule has 0 heterocycles. The van der Waals surface area contributed by atoms with Crippen LogP contribution in [-0.4, -0.2) is 11.9 Å². The van der Waals surface area contributed by atoms with Crippen LogP contribution in [0.25, 0.3) is 0 Å². The third kappa shape index (κ3) is 5.81. The summed E-state index contributed by atoms with van der Waals surface area (Å²) < 4.78 is 0. The Morgan fingerprint density at radius 3 is 1.31 bits per heavy atom. The average Bonchev–Trinajstić information content (AvgIpc) is 2.82. The van der Waals surface area contributed by atoms with Crippen LogP contribution in [0.15, 0.2) is 84.9 Å². The van der Waals surface area contributed by atoms with Crippen LogP contribution >= 0.6 is 0 Å². The monoisotopic (exact) mass is 434 g/mol. The van der Waals surface area contributed by atoms with Gasteiger partial charge in [0.05, 0.1) is 11.1 Å². The Labute approximate surface area is 187 Å².